The molecule has 0 aromatic heterocycles. The van der Waals surface area contributed by atoms with Crippen LogP contribution in [0.3, 0.4) is 0 Å². The zero-order valence-electron chi connectivity index (χ0n) is 13.1. The lowest BCUT2D eigenvalue weighted by molar-refractivity contribution is -0.139. The molecule has 1 aromatic rings. The second kappa shape index (κ2) is 6.43. The summed E-state index contributed by atoms with van der Waals surface area (Å²) >= 11 is 0. The SMILES string of the molecule is O=C(NC(CC1CC1)C(=O)O)c1cccc(N2CCCS2(=O)=O)c1. The zero-order chi connectivity index (χ0) is 17.3. The fourth-order valence-corrected chi connectivity index (χ4v) is 4.44. The highest BCUT2D eigenvalue weighted by Gasteiger charge is 2.31. The molecule has 1 unspecified atom stereocenters. The van der Waals surface area contributed by atoms with E-state index in [0.717, 1.165) is 12.8 Å². The Hall–Kier alpha value is -2.09. The van der Waals surface area contributed by atoms with Crippen molar-refractivity contribution < 1.29 is 23.1 Å². The quantitative estimate of drug-likeness (QED) is 0.801. The molecule has 1 saturated carbocycles. The standard InChI is InChI=1S/C16H20N2O5S/c19-15(17-14(16(20)21)9-11-5-6-11)12-3-1-4-13(10-12)18-7-2-8-24(18,22)23/h1,3-4,10-11,14H,2,5-9H2,(H,17,19)(H,20,21). The molecule has 1 atom stereocenters. The molecule has 7 nitrogen and oxygen atoms in total. The molecule has 1 amide bonds. The minimum Gasteiger partial charge on any atom is -0.480 e. The lowest BCUT2D eigenvalue weighted by Gasteiger charge is -2.18. The molecule has 3 rings (SSSR count). The minimum atomic E-state index is -3.32. The Morgan fingerprint density at radius 3 is 2.67 bits per heavy atom. The van der Waals surface area contributed by atoms with Crippen LogP contribution in [0, 0.1) is 5.92 Å². The van der Waals surface area contributed by atoms with Gasteiger partial charge in [0.05, 0.1) is 11.4 Å². The van der Waals surface area contributed by atoms with Crippen molar-refractivity contribution in [3.8, 4) is 0 Å². The maximum Gasteiger partial charge on any atom is 0.326 e. The number of nitrogens with one attached hydrogen (secondary N) is 1. The third-order valence-corrected chi connectivity index (χ3v) is 6.23. The molecule has 2 N–H and O–H groups in total. The fourth-order valence-electron chi connectivity index (χ4n) is 2.88. The monoisotopic (exact) mass is 352 g/mol. The summed E-state index contributed by atoms with van der Waals surface area (Å²) in [6.45, 7) is 0.396. The lowest BCUT2D eigenvalue weighted by atomic mass is 10.1. The average Bonchev–Trinajstić information content (AvgIpc) is 3.28. The number of carbonyl (C=O) groups excluding carboxylic acids is 1. The number of amides is 1. The van der Waals surface area contributed by atoms with Crippen molar-refractivity contribution in [2.45, 2.75) is 31.7 Å². The van der Waals surface area contributed by atoms with Crippen LogP contribution < -0.4 is 9.62 Å². The van der Waals surface area contributed by atoms with Crippen molar-refractivity contribution >= 4 is 27.6 Å². The van der Waals surface area contributed by atoms with Gasteiger partial charge in [0.2, 0.25) is 10.0 Å². The number of hydrogen-bond donors (Lipinski definition) is 2. The first-order chi connectivity index (χ1) is 11.4. The maximum atomic E-state index is 12.3. The number of sulfonamides is 1. The van der Waals surface area contributed by atoms with Crippen LogP contribution >= 0.6 is 0 Å². The van der Waals surface area contributed by atoms with Crippen LogP contribution in [0.4, 0.5) is 5.69 Å². The van der Waals surface area contributed by atoms with E-state index >= 15 is 0 Å². The van der Waals surface area contributed by atoms with E-state index in [1.165, 1.54) is 10.4 Å². The van der Waals surface area contributed by atoms with Gasteiger partial charge in [0.1, 0.15) is 6.04 Å². The summed E-state index contributed by atoms with van der Waals surface area (Å²) in [4.78, 5) is 23.6. The van der Waals surface area contributed by atoms with Gasteiger partial charge in [-0.2, -0.15) is 0 Å². The Balaban J connectivity index is 1.75. The van der Waals surface area contributed by atoms with Crippen molar-refractivity contribution in [2.75, 3.05) is 16.6 Å². The molecule has 2 aliphatic rings. The first-order valence-corrected chi connectivity index (χ1v) is 9.62. The number of carbonyl (C=O) groups is 2. The Morgan fingerprint density at radius 1 is 1.33 bits per heavy atom. The Morgan fingerprint density at radius 2 is 2.08 bits per heavy atom. The molecule has 1 heterocycles. The molecule has 130 valence electrons. The van der Waals surface area contributed by atoms with Gasteiger partial charge in [0, 0.05) is 12.1 Å². The normalized spacial score (nSPS) is 20.6. The first kappa shape index (κ1) is 16.8. The van der Waals surface area contributed by atoms with E-state index in [0.29, 0.717) is 31.0 Å². The van der Waals surface area contributed by atoms with Crippen LogP contribution in [0.2, 0.25) is 0 Å². The molecule has 1 saturated heterocycles. The Labute approximate surface area is 140 Å². The molecule has 24 heavy (non-hydrogen) atoms. The summed E-state index contributed by atoms with van der Waals surface area (Å²) in [6.07, 6.45) is 2.99. The molecule has 1 aliphatic heterocycles. The summed E-state index contributed by atoms with van der Waals surface area (Å²) in [6, 6.07) is 5.38. The molecule has 0 spiro atoms. The molecule has 1 aliphatic carbocycles. The average molecular weight is 352 g/mol. The summed E-state index contributed by atoms with van der Waals surface area (Å²) in [7, 11) is -3.32. The number of carboxylic acids is 1. The molecular formula is C16H20N2O5S. The van der Waals surface area contributed by atoms with E-state index in [4.69, 9.17) is 0 Å². The van der Waals surface area contributed by atoms with Gasteiger partial charge in [-0.05, 0) is 37.0 Å². The van der Waals surface area contributed by atoms with Gasteiger partial charge in [-0.15, -0.1) is 0 Å². The molecule has 0 bridgehead atoms. The van der Waals surface area contributed by atoms with E-state index in [2.05, 4.69) is 5.32 Å². The van der Waals surface area contributed by atoms with Gasteiger partial charge in [-0.1, -0.05) is 18.9 Å². The number of nitrogens with zero attached hydrogens (tertiary/aromatic N) is 1. The van der Waals surface area contributed by atoms with Crippen LogP contribution in [0.5, 0.6) is 0 Å². The Bertz CT molecular complexity index is 757. The smallest absolute Gasteiger partial charge is 0.326 e. The van der Waals surface area contributed by atoms with Gasteiger partial charge in [-0.25, -0.2) is 13.2 Å². The number of anilines is 1. The van der Waals surface area contributed by atoms with Crippen molar-refractivity contribution in [1.29, 1.82) is 0 Å². The Kier molecular flexibility index (Phi) is 4.49. The van der Waals surface area contributed by atoms with Gasteiger partial charge < -0.3 is 10.4 Å². The summed E-state index contributed by atoms with van der Waals surface area (Å²) < 4.78 is 25.3. The highest BCUT2D eigenvalue weighted by Crippen LogP contribution is 2.33. The van der Waals surface area contributed by atoms with Gasteiger partial charge in [0.25, 0.3) is 5.91 Å². The number of hydrogen-bond acceptors (Lipinski definition) is 4. The van der Waals surface area contributed by atoms with Crippen LogP contribution in [0.1, 0.15) is 36.0 Å². The molecule has 0 radical (unpaired) electrons. The lowest BCUT2D eigenvalue weighted by Crippen LogP contribution is -2.41. The minimum absolute atomic E-state index is 0.103. The van der Waals surface area contributed by atoms with E-state index < -0.39 is 27.9 Å². The predicted molar refractivity (Wildman–Crippen MR) is 88.4 cm³/mol. The van der Waals surface area contributed by atoms with Crippen LogP contribution in [-0.2, 0) is 14.8 Å². The van der Waals surface area contributed by atoms with Crippen molar-refractivity contribution in [1.82, 2.24) is 5.32 Å². The van der Waals surface area contributed by atoms with Crippen molar-refractivity contribution in [3.63, 3.8) is 0 Å². The highest BCUT2D eigenvalue weighted by atomic mass is 32.2. The summed E-state index contributed by atoms with van der Waals surface area (Å²) in [5.74, 6) is -1.08. The maximum absolute atomic E-state index is 12.3. The van der Waals surface area contributed by atoms with Crippen molar-refractivity contribution in [3.05, 3.63) is 29.8 Å². The highest BCUT2D eigenvalue weighted by molar-refractivity contribution is 7.93. The number of rotatable bonds is 6. The second-order valence-corrected chi connectivity index (χ2v) is 8.35. The van der Waals surface area contributed by atoms with E-state index in [1.807, 2.05) is 0 Å². The van der Waals surface area contributed by atoms with E-state index in [9.17, 15) is 23.1 Å². The summed E-state index contributed by atoms with van der Waals surface area (Å²) in [5, 5.41) is 11.8. The van der Waals surface area contributed by atoms with Gasteiger partial charge in [-0.3, -0.25) is 9.10 Å². The zero-order valence-corrected chi connectivity index (χ0v) is 14.0. The number of carboxylic acid groups (broad SMARTS) is 1. The second-order valence-electron chi connectivity index (χ2n) is 6.34. The molecular weight excluding hydrogens is 332 g/mol. The largest absolute Gasteiger partial charge is 0.480 e. The number of aliphatic carboxylic acids is 1. The van der Waals surface area contributed by atoms with Gasteiger partial charge in [0.15, 0.2) is 0 Å². The molecule has 8 heteroatoms. The van der Waals surface area contributed by atoms with Crippen LogP contribution in [0.15, 0.2) is 24.3 Å². The third-order valence-electron chi connectivity index (χ3n) is 4.36. The first-order valence-electron chi connectivity index (χ1n) is 8.01. The topological polar surface area (TPSA) is 104 Å². The molecule has 2 fully saturated rings. The molecule has 1 aromatic carbocycles. The van der Waals surface area contributed by atoms with E-state index in [-0.39, 0.29) is 11.3 Å². The number of benzene rings is 1. The van der Waals surface area contributed by atoms with Crippen LogP contribution in [0.25, 0.3) is 0 Å². The van der Waals surface area contributed by atoms with E-state index in [1.54, 1.807) is 18.2 Å². The van der Waals surface area contributed by atoms with Gasteiger partial charge >= 0.3 is 5.97 Å². The predicted octanol–water partition coefficient (Wildman–Crippen LogP) is 1.21. The van der Waals surface area contributed by atoms with Crippen molar-refractivity contribution in [2.24, 2.45) is 5.92 Å². The third kappa shape index (κ3) is 3.69. The fraction of sp³-hybridized carbons (Fsp3) is 0.500. The van der Waals surface area contributed by atoms with Crippen LogP contribution in [-0.4, -0.2) is 43.7 Å². The summed E-state index contributed by atoms with van der Waals surface area (Å²) in [5.41, 5.74) is 0.700.